The lowest BCUT2D eigenvalue weighted by molar-refractivity contribution is 0.869. The second kappa shape index (κ2) is 5.93. The number of aromatic nitrogens is 2. The van der Waals surface area contributed by atoms with E-state index in [2.05, 4.69) is 44.2 Å². The Balaban J connectivity index is 2.20. The molecule has 0 spiro atoms. The molecule has 0 unspecified atom stereocenters. The molecule has 94 valence electrons. The SMILES string of the molecule is Cc1cc(Br)ccc1Nc1ccnc(CCN)n1. The van der Waals surface area contributed by atoms with Gasteiger partial charge in [0.1, 0.15) is 11.6 Å². The minimum absolute atomic E-state index is 0.556. The van der Waals surface area contributed by atoms with E-state index in [1.54, 1.807) is 6.20 Å². The number of nitrogens with zero attached hydrogens (tertiary/aromatic N) is 2. The summed E-state index contributed by atoms with van der Waals surface area (Å²) < 4.78 is 1.07. The Morgan fingerprint density at radius 3 is 2.89 bits per heavy atom. The molecule has 2 aromatic rings. The minimum atomic E-state index is 0.556. The number of anilines is 2. The van der Waals surface area contributed by atoms with Crippen molar-refractivity contribution in [2.24, 2.45) is 5.73 Å². The van der Waals surface area contributed by atoms with Crippen LogP contribution in [-0.2, 0) is 6.42 Å². The number of aryl methyl sites for hydroxylation is 1. The number of benzene rings is 1. The molecule has 0 saturated carbocycles. The third-order valence-electron chi connectivity index (χ3n) is 2.52. The number of nitrogens with one attached hydrogen (secondary N) is 1. The smallest absolute Gasteiger partial charge is 0.134 e. The molecule has 0 aliphatic rings. The third kappa shape index (κ3) is 3.27. The van der Waals surface area contributed by atoms with Crippen LogP contribution in [0.25, 0.3) is 0 Å². The zero-order chi connectivity index (χ0) is 13.0. The maximum Gasteiger partial charge on any atom is 0.134 e. The molecule has 0 amide bonds. The first-order valence-corrected chi connectivity index (χ1v) is 6.53. The molecule has 1 aromatic heterocycles. The molecule has 3 N–H and O–H groups in total. The molecule has 0 atom stereocenters. The molecule has 1 heterocycles. The highest BCUT2D eigenvalue weighted by Crippen LogP contribution is 2.22. The van der Waals surface area contributed by atoms with Gasteiger partial charge in [-0.1, -0.05) is 15.9 Å². The molecule has 0 fully saturated rings. The largest absolute Gasteiger partial charge is 0.340 e. The Hall–Kier alpha value is -1.46. The lowest BCUT2D eigenvalue weighted by Crippen LogP contribution is -2.07. The fourth-order valence-electron chi connectivity index (χ4n) is 1.62. The molecular weight excluding hydrogens is 292 g/mol. The van der Waals surface area contributed by atoms with Gasteiger partial charge in [-0.3, -0.25) is 0 Å². The zero-order valence-corrected chi connectivity index (χ0v) is 11.7. The Kier molecular flexibility index (Phi) is 4.28. The molecule has 2 rings (SSSR count). The van der Waals surface area contributed by atoms with Crippen LogP contribution in [-0.4, -0.2) is 16.5 Å². The number of nitrogens with two attached hydrogens (primary N) is 1. The second-order valence-corrected chi connectivity index (χ2v) is 4.90. The van der Waals surface area contributed by atoms with Crippen LogP contribution >= 0.6 is 15.9 Å². The van der Waals surface area contributed by atoms with Crippen molar-refractivity contribution in [2.45, 2.75) is 13.3 Å². The van der Waals surface area contributed by atoms with Crippen LogP contribution in [0.3, 0.4) is 0 Å². The van der Waals surface area contributed by atoms with Crippen LogP contribution in [0.1, 0.15) is 11.4 Å². The first kappa shape index (κ1) is 13.0. The topological polar surface area (TPSA) is 63.8 Å². The average molecular weight is 307 g/mol. The van der Waals surface area contributed by atoms with Crippen molar-refractivity contribution in [3.05, 3.63) is 46.3 Å². The quantitative estimate of drug-likeness (QED) is 0.911. The lowest BCUT2D eigenvalue weighted by atomic mass is 10.2. The summed E-state index contributed by atoms with van der Waals surface area (Å²) in [6, 6.07) is 7.92. The van der Waals surface area contributed by atoms with Gasteiger partial charge in [0.15, 0.2) is 0 Å². The van der Waals surface area contributed by atoms with Gasteiger partial charge in [0.2, 0.25) is 0 Å². The van der Waals surface area contributed by atoms with E-state index in [1.807, 2.05) is 18.2 Å². The van der Waals surface area contributed by atoms with E-state index in [9.17, 15) is 0 Å². The molecule has 0 saturated heterocycles. The van der Waals surface area contributed by atoms with Gasteiger partial charge in [0, 0.05) is 22.8 Å². The number of hydrogen-bond acceptors (Lipinski definition) is 4. The summed E-state index contributed by atoms with van der Waals surface area (Å²) in [5.41, 5.74) is 7.69. The predicted molar refractivity (Wildman–Crippen MR) is 77.0 cm³/mol. The summed E-state index contributed by atoms with van der Waals surface area (Å²) >= 11 is 3.45. The molecule has 0 aliphatic carbocycles. The molecule has 4 nitrogen and oxygen atoms in total. The molecule has 18 heavy (non-hydrogen) atoms. The molecule has 0 aliphatic heterocycles. The van der Waals surface area contributed by atoms with Crippen molar-refractivity contribution >= 4 is 27.4 Å². The van der Waals surface area contributed by atoms with Gasteiger partial charge in [-0.05, 0) is 43.3 Å². The summed E-state index contributed by atoms with van der Waals surface area (Å²) in [5, 5.41) is 3.29. The van der Waals surface area contributed by atoms with Gasteiger partial charge in [-0.2, -0.15) is 0 Å². The highest BCUT2D eigenvalue weighted by Gasteiger charge is 2.02. The Morgan fingerprint density at radius 1 is 1.33 bits per heavy atom. The molecule has 0 radical (unpaired) electrons. The van der Waals surface area contributed by atoms with Crippen molar-refractivity contribution in [2.75, 3.05) is 11.9 Å². The van der Waals surface area contributed by atoms with Crippen LogP contribution in [0, 0.1) is 6.92 Å². The highest BCUT2D eigenvalue weighted by molar-refractivity contribution is 9.10. The molecular formula is C13H15BrN4. The summed E-state index contributed by atoms with van der Waals surface area (Å²) in [4.78, 5) is 8.58. The van der Waals surface area contributed by atoms with Gasteiger partial charge in [-0.15, -0.1) is 0 Å². The van der Waals surface area contributed by atoms with Crippen LogP contribution in [0.2, 0.25) is 0 Å². The van der Waals surface area contributed by atoms with Crippen molar-refractivity contribution in [3.63, 3.8) is 0 Å². The lowest BCUT2D eigenvalue weighted by Gasteiger charge is -2.09. The van der Waals surface area contributed by atoms with Crippen LogP contribution in [0.5, 0.6) is 0 Å². The van der Waals surface area contributed by atoms with E-state index in [4.69, 9.17) is 5.73 Å². The van der Waals surface area contributed by atoms with Gasteiger partial charge < -0.3 is 11.1 Å². The maximum atomic E-state index is 5.50. The number of hydrogen-bond donors (Lipinski definition) is 2. The zero-order valence-electron chi connectivity index (χ0n) is 10.2. The van der Waals surface area contributed by atoms with Crippen LogP contribution in [0.15, 0.2) is 34.9 Å². The third-order valence-corrected chi connectivity index (χ3v) is 3.02. The highest BCUT2D eigenvalue weighted by atomic mass is 79.9. The van der Waals surface area contributed by atoms with E-state index < -0.39 is 0 Å². The number of halogens is 1. The van der Waals surface area contributed by atoms with Crippen LogP contribution < -0.4 is 11.1 Å². The second-order valence-electron chi connectivity index (χ2n) is 3.98. The summed E-state index contributed by atoms with van der Waals surface area (Å²) in [6.07, 6.45) is 2.43. The van der Waals surface area contributed by atoms with E-state index in [-0.39, 0.29) is 0 Å². The van der Waals surface area contributed by atoms with Crippen molar-refractivity contribution in [1.29, 1.82) is 0 Å². The molecule has 0 bridgehead atoms. The van der Waals surface area contributed by atoms with Gasteiger partial charge in [0.25, 0.3) is 0 Å². The van der Waals surface area contributed by atoms with Gasteiger partial charge in [-0.25, -0.2) is 9.97 Å². The van der Waals surface area contributed by atoms with E-state index >= 15 is 0 Å². The van der Waals surface area contributed by atoms with Crippen LogP contribution in [0.4, 0.5) is 11.5 Å². The summed E-state index contributed by atoms with van der Waals surface area (Å²) in [5.74, 6) is 1.55. The Morgan fingerprint density at radius 2 is 2.17 bits per heavy atom. The van der Waals surface area contributed by atoms with Crippen molar-refractivity contribution in [3.8, 4) is 0 Å². The number of rotatable bonds is 4. The maximum absolute atomic E-state index is 5.50. The monoisotopic (exact) mass is 306 g/mol. The average Bonchev–Trinajstić information content (AvgIpc) is 2.34. The molecule has 1 aromatic carbocycles. The minimum Gasteiger partial charge on any atom is -0.340 e. The fraction of sp³-hybridized carbons (Fsp3) is 0.231. The van der Waals surface area contributed by atoms with Gasteiger partial charge >= 0.3 is 0 Å². The standard InChI is InChI=1S/C13H15BrN4/c1-9-8-10(14)2-3-11(9)17-13-5-7-16-12(18-13)4-6-15/h2-3,5,7-8H,4,6,15H2,1H3,(H,16,17,18). The Labute approximate surface area is 115 Å². The first-order valence-electron chi connectivity index (χ1n) is 5.74. The molecule has 5 heteroatoms. The fourth-order valence-corrected chi connectivity index (χ4v) is 2.10. The van der Waals surface area contributed by atoms with Crippen molar-refractivity contribution < 1.29 is 0 Å². The van der Waals surface area contributed by atoms with E-state index in [0.29, 0.717) is 13.0 Å². The van der Waals surface area contributed by atoms with E-state index in [1.165, 1.54) is 0 Å². The predicted octanol–water partition coefficient (Wildman–Crippen LogP) is 2.79. The van der Waals surface area contributed by atoms with Crippen molar-refractivity contribution in [1.82, 2.24) is 9.97 Å². The summed E-state index contributed by atoms with van der Waals surface area (Å²) in [7, 11) is 0. The van der Waals surface area contributed by atoms with E-state index in [0.717, 1.165) is 27.4 Å². The Bertz CT molecular complexity index is 542. The first-order chi connectivity index (χ1) is 8.69. The normalized spacial score (nSPS) is 10.4. The van der Waals surface area contributed by atoms with Gasteiger partial charge in [0.05, 0.1) is 0 Å². The summed E-state index contributed by atoms with van der Waals surface area (Å²) in [6.45, 7) is 2.61.